The summed E-state index contributed by atoms with van der Waals surface area (Å²) in [5.41, 5.74) is 3.87. The van der Waals surface area contributed by atoms with Gasteiger partial charge >= 0.3 is 0 Å². The van der Waals surface area contributed by atoms with Crippen molar-refractivity contribution in [2.24, 2.45) is 0 Å². The van der Waals surface area contributed by atoms with Crippen molar-refractivity contribution in [1.29, 1.82) is 0 Å². The Labute approximate surface area is 159 Å². The Morgan fingerprint density at radius 3 is 2.56 bits per heavy atom. The summed E-state index contributed by atoms with van der Waals surface area (Å²) in [7, 11) is 0. The van der Waals surface area contributed by atoms with Crippen LogP contribution in [-0.4, -0.2) is 47.9 Å². The summed E-state index contributed by atoms with van der Waals surface area (Å²) in [5.74, 6) is -0.499. The van der Waals surface area contributed by atoms with E-state index in [4.69, 9.17) is 9.47 Å². The molecule has 0 saturated carbocycles. The minimum atomic E-state index is -0.465. The highest BCUT2D eigenvalue weighted by Crippen LogP contribution is 2.31. The number of amides is 1. The lowest BCUT2D eigenvalue weighted by molar-refractivity contribution is -0.181. The zero-order valence-electron chi connectivity index (χ0n) is 15.6. The fourth-order valence-corrected chi connectivity index (χ4v) is 3.63. The van der Waals surface area contributed by atoms with Gasteiger partial charge in [0.25, 0.3) is 5.91 Å². The quantitative estimate of drug-likeness (QED) is 0.900. The van der Waals surface area contributed by atoms with Crippen LogP contribution in [0.2, 0.25) is 0 Å². The molecular formula is C21H25N3O3. The van der Waals surface area contributed by atoms with E-state index in [1.807, 2.05) is 23.1 Å². The lowest BCUT2D eigenvalue weighted by atomic mass is 10.0. The Morgan fingerprint density at radius 2 is 1.89 bits per heavy atom. The molecule has 2 aromatic rings. The Balaban J connectivity index is 1.33. The number of nitrogens with one attached hydrogen (secondary N) is 1. The van der Waals surface area contributed by atoms with E-state index in [1.54, 1.807) is 12.3 Å². The molecule has 6 nitrogen and oxygen atoms in total. The van der Waals surface area contributed by atoms with Crippen LogP contribution in [0, 0.1) is 6.92 Å². The molecule has 2 saturated heterocycles. The highest BCUT2D eigenvalue weighted by Gasteiger charge is 2.40. The van der Waals surface area contributed by atoms with Crippen LogP contribution < -0.4 is 5.32 Å². The number of rotatable bonds is 4. The third-order valence-electron chi connectivity index (χ3n) is 5.35. The van der Waals surface area contributed by atoms with Crippen LogP contribution in [0.1, 0.15) is 34.5 Å². The first-order valence-corrected chi connectivity index (χ1v) is 9.47. The normalized spacial score (nSPS) is 18.6. The molecule has 0 atom stereocenters. The zero-order valence-corrected chi connectivity index (χ0v) is 15.6. The van der Waals surface area contributed by atoms with Crippen LogP contribution in [0.15, 0.2) is 42.6 Å². The van der Waals surface area contributed by atoms with Crippen LogP contribution >= 0.6 is 0 Å². The smallest absolute Gasteiger partial charge is 0.272 e. The summed E-state index contributed by atoms with van der Waals surface area (Å²) in [5, 5.41) is 3.36. The molecule has 0 unspecified atom stereocenters. The standard InChI is InChI=1S/C21H25N3O3/c1-16-4-2-3-5-17(16)14-22-18-6-7-19(23-15-18)20(25)24-10-8-21(9-11-24)26-12-13-27-21/h2-7,15,22H,8-14H2,1H3. The number of hydrogen-bond acceptors (Lipinski definition) is 5. The number of ether oxygens (including phenoxy) is 2. The van der Waals surface area contributed by atoms with Crippen molar-refractivity contribution in [2.45, 2.75) is 32.1 Å². The number of likely N-dealkylation sites (tertiary alicyclic amines) is 1. The second kappa shape index (κ2) is 7.66. The van der Waals surface area contributed by atoms with Crippen molar-refractivity contribution in [3.8, 4) is 0 Å². The van der Waals surface area contributed by atoms with E-state index >= 15 is 0 Å². The van der Waals surface area contributed by atoms with E-state index in [1.165, 1.54) is 11.1 Å². The van der Waals surface area contributed by atoms with Gasteiger partial charge in [-0.2, -0.15) is 0 Å². The molecule has 2 fully saturated rings. The molecule has 6 heteroatoms. The topological polar surface area (TPSA) is 63.7 Å². The molecule has 1 N–H and O–H groups in total. The van der Waals surface area contributed by atoms with E-state index in [0.717, 1.165) is 25.1 Å². The summed E-state index contributed by atoms with van der Waals surface area (Å²) in [6.45, 7) is 5.39. The Morgan fingerprint density at radius 1 is 1.15 bits per heavy atom. The maximum atomic E-state index is 12.7. The average molecular weight is 367 g/mol. The lowest BCUT2D eigenvalue weighted by Gasteiger charge is -2.37. The van der Waals surface area contributed by atoms with Crippen LogP contribution in [0.25, 0.3) is 0 Å². The molecule has 0 aliphatic carbocycles. The minimum absolute atomic E-state index is 0.0340. The number of nitrogens with zero attached hydrogens (tertiary/aromatic N) is 2. The Bertz CT molecular complexity index is 791. The van der Waals surface area contributed by atoms with Crippen LogP contribution in [0.3, 0.4) is 0 Å². The van der Waals surface area contributed by atoms with Gasteiger partial charge in [0.1, 0.15) is 5.69 Å². The molecule has 142 valence electrons. The van der Waals surface area contributed by atoms with E-state index in [0.29, 0.717) is 32.0 Å². The van der Waals surface area contributed by atoms with Gasteiger partial charge in [-0.05, 0) is 30.2 Å². The van der Waals surface area contributed by atoms with Crippen molar-refractivity contribution in [3.05, 3.63) is 59.4 Å². The van der Waals surface area contributed by atoms with Gasteiger partial charge in [-0.1, -0.05) is 24.3 Å². The van der Waals surface area contributed by atoms with Gasteiger partial charge in [-0.15, -0.1) is 0 Å². The third kappa shape index (κ3) is 3.96. The second-order valence-electron chi connectivity index (χ2n) is 7.11. The van der Waals surface area contributed by atoms with Crippen molar-refractivity contribution in [2.75, 3.05) is 31.6 Å². The second-order valence-corrected chi connectivity index (χ2v) is 7.11. The molecule has 1 aromatic carbocycles. The number of carbonyl (C=O) groups excluding carboxylic acids is 1. The molecule has 2 aliphatic heterocycles. The molecule has 1 spiro atoms. The first-order valence-electron chi connectivity index (χ1n) is 9.47. The van der Waals surface area contributed by atoms with Gasteiger partial charge in [0.2, 0.25) is 0 Å². The molecule has 27 heavy (non-hydrogen) atoms. The van der Waals surface area contributed by atoms with Crippen molar-refractivity contribution >= 4 is 11.6 Å². The van der Waals surface area contributed by atoms with E-state index in [2.05, 4.69) is 29.4 Å². The predicted molar refractivity (Wildman–Crippen MR) is 103 cm³/mol. The molecule has 1 amide bonds. The van der Waals surface area contributed by atoms with Gasteiger partial charge in [-0.3, -0.25) is 4.79 Å². The van der Waals surface area contributed by atoms with Crippen molar-refractivity contribution < 1.29 is 14.3 Å². The van der Waals surface area contributed by atoms with Crippen LogP contribution in [0.5, 0.6) is 0 Å². The lowest BCUT2D eigenvalue weighted by Crippen LogP contribution is -2.47. The molecule has 0 radical (unpaired) electrons. The van der Waals surface area contributed by atoms with E-state index in [9.17, 15) is 4.79 Å². The molecule has 2 aliphatic rings. The Hall–Kier alpha value is -2.44. The molecular weight excluding hydrogens is 342 g/mol. The van der Waals surface area contributed by atoms with Gasteiger partial charge in [0.15, 0.2) is 5.79 Å². The number of benzene rings is 1. The van der Waals surface area contributed by atoms with Crippen LogP contribution in [0.4, 0.5) is 5.69 Å². The number of anilines is 1. The number of hydrogen-bond donors (Lipinski definition) is 1. The third-order valence-corrected chi connectivity index (χ3v) is 5.35. The van der Waals surface area contributed by atoms with E-state index < -0.39 is 5.79 Å². The Kier molecular flexibility index (Phi) is 5.09. The summed E-state index contributed by atoms with van der Waals surface area (Å²) >= 11 is 0. The maximum Gasteiger partial charge on any atom is 0.272 e. The summed E-state index contributed by atoms with van der Waals surface area (Å²) in [6.07, 6.45) is 3.16. The average Bonchev–Trinajstić information content (AvgIpc) is 3.16. The largest absolute Gasteiger partial charge is 0.380 e. The number of aromatic nitrogens is 1. The number of piperidine rings is 1. The van der Waals surface area contributed by atoms with Crippen LogP contribution in [-0.2, 0) is 16.0 Å². The fourth-order valence-electron chi connectivity index (χ4n) is 3.63. The molecule has 1 aromatic heterocycles. The molecule has 3 heterocycles. The number of pyridine rings is 1. The molecule has 4 rings (SSSR count). The maximum absolute atomic E-state index is 12.7. The highest BCUT2D eigenvalue weighted by atomic mass is 16.7. The summed E-state index contributed by atoms with van der Waals surface area (Å²) < 4.78 is 11.4. The van der Waals surface area contributed by atoms with Gasteiger partial charge in [0.05, 0.1) is 25.1 Å². The first-order chi connectivity index (χ1) is 13.2. The summed E-state index contributed by atoms with van der Waals surface area (Å²) in [6, 6.07) is 12.0. The summed E-state index contributed by atoms with van der Waals surface area (Å²) in [4.78, 5) is 18.9. The molecule has 0 bridgehead atoms. The van der Waals surface area contributed by atoms with E-state index in [-0.39, 0.29) is 5.91 Å². The van der Waals surface area contributed by atoms with Gasteiger partial charge < -0.3 is 19.7 Å². The zero-order chi connectivity index (χ0) is 18.7. The SMILES string of the molecule is Cc1ccccc1CNc1ccc(C(=O)N2CCC3(CC2)OCCO3)nc1. The number of carbonyl (C=O) groups is 1. The highest BCUT2D eigenvalue weighted by molar-refractivity contribution is 5.92. The van der Waals surface area contributed by atoms with Gasteiger partial charge in [-0.25, -0.2) is 4.98 Å². The predicted octanol–water partition coefficient (Wildman–Crippen LogP) is 2.98. The number of aryl methyl sites for hydroxylation is 1. The van der Waals surface area contributed by atoms with Gasteiger partial charge in [0, 0.05) is 32.5 Å². The van der Waals surface area contributed by atoms with Crippen molar-refractivity contribution in [3.63, 3.8) is 0 Å². The minimum Gasteiger partial charge on any atom is -0.380 e. The van der Waals surface area contributed by atoms with Crippen molar-refractivity contribution in [1.82, 2.24) is 9.88 Å². The first kappa shape index (κ1) is 17.9. The monoisotopic (exact) mass is 367 g/mol. The fraction of sp³-hybridized carbons (Fsp3) is 0.429.